The van der Waals surface area contributed by atoms with E-state index >= 15 is 0 Å². The Labute approximate surface area is 120 Å². The van der Waals surface area contributed by atoms with Crippen molar-refractivity contribution in [1.82, 2.24) is 4.31 Å². The number of alkyl halides is 2. The Bertz CT molecular complexity index is 522. The lowest BCUT2D eigenvalue weighted by Gasteiger charge is -2.58. The van der Waals surface area contributed by atoms with E-state index in [-0.39, 0.29) is 22.6 Å². The van der Waals surface area contributed by atoms with Crippen LogP contribution in [0.4, 0.5) is 0 Å². The van der Waals surface area contributed by atoms with Gasteiger partial charge < -0.3 is 0 Å². The Hall–Kier alpha value is 0.410. The third-order valence-electron chi connectivity index (χ3n) is 3.81. The number of halogens is 3. The molecule has 1 amide bonds. The summed E-state index contributed by atoms with van der Waals surface area (Å²) in [4.78, 5) is 12.4. The van der Waals surface area contributed by atoms with Gasteiger partial charge in [-0.2, -0.15) is 8.42 Å². The summed E-state index contributed by atoms with van der Waals surface area (Å²) < 4.78 is 23.3. The van der Waals surface area contributed by atoms with Gasteiger partial charge in [0.1, 0.15) is 0 Å². The summed E-state index contributed by atoms with van der Waals surface area (Å²) in [6.07, 6.45) is 3.75. The number of carbonyl (C=O) groups excluding carboxylic acids is 1. The Morgan fingerprint density at radius 1 is 1.24 bits per heavy atom. The maximum absolute atomic E-state index is 11.9. The van der Waals surface area contributed by atoms with Crippen LogP contribution in [0.3, 0.4) is 0 Å². The minimum absolute atomic E-state index is 0.163. The van der Waals surface area contributed by atoms with E-state index in [1.54, 1.807) is 6.08 Å². The van der Waals surface area contributed by atoms with Crippen molar-refractivity contribution in [3.63, 3.8) is 0 Å². The van der Waals surface area contributed by atoms with E-state index in [4.69, 9.17) is 10.7 Å². The van der Waals surface area contributed by atoms with E-state index in [9.17, 15) is 13.2 Å². The largest absolute Gasteiger partial charge is 0.324 e. The molecule has 0 aromatic rings. The van der Waals surface area contributed by atoms with Gasteiger partial charge in [0.25, 0.3) is 0 Å². The van der Waals surface area contributed by atoms with E-state index in [1.165, 1.54) is 0 Å². The van der Waals surface area contributed by atoms with E-state index in [1.807, 2.05) is 6.08 Å². The van der Waals surface area contributed by atoms with Crippen molar-refractivity contribution < 1.29 is 13.2 Å². The standard InChI is InChI=1S/C9H8Br2ClNO3S/c10-7-3-1-2-4-6(5(3)8(7)11)9(14)13(4)17(12,15)16/h1-8H. The van der Waals surface area contributed by atoms with Gasteiger partial charge in [0.2, 0.25) is 5.91 Å². The SMILES string of the molecule is O=C1C2C3C(Br)C(Br)C3C=CC2N1S(=O)(=O)Cl. The normalized spacial score (nSPS) is 47.9. The molecule has 0 radical (unpaired) electrons. The van der Waals surface area contributed by atoms with Crippen LogP contribution in [0.15, 0.2) is 12.2 Å². The van der Waals surface area contributed by atoms with E-state index in [0.29, 0.717) is 10.7 Å². The molecule has 4 nitrogen and oxygen atoms in total. The lowest BCUT2D eigenvalue weighted by molar-refractivity contribution is -0.151. The van der Waals surface area contributed by atoms with Crippen LogP contribution in [-0.2, 0) is 14.0 Å². The molecular formula is C9H8Br2ClNO3S. The quantitative estimate of drug-likeness (QED) is 0.288. The van der Waals surface area contributed by atoms with Crippen LogP contribution in [-0.4, -0.2) is 34.3 Å². The predicted molar refractivity (Wildman–Crippen MR) is 70.4 cm³/mol. The highest BCUT2D eigenvalue weighted by atomic mass is 79.9. The molecule has 8 heteroatoms. The Morgan fingerprint density at radius 2 is 1.88 bits per heavy atom. The summed E-state index contributed by atoms with van der Waals surface area (Å²) in [5.41, 5.74) is 0. The van der Waals surface area contributed by atoms with Crippen molar-refractivity contribution in [2.75, 3.05) is 0 Å². The number of hydrogen-bond acceptors (Lipinski definition) is 3. The van der Waals surface area contributed by atoms with Gasteiger partial charge in [0.15, 0.2) is 0 Å². The molecule has 1 saturated heterocycles. The fourth-order valence-corrected chi connectivity index (χ4v) is 6.19. The number of nitrogens with zero attached hydrogens (tertiary/aromatic N) is 1. The zero-order valence-electron chi connectivity index (χ0n) is 8.33. The molecule has 1 aliphatic heterocycles. The van der Waals surface area contributed by atoms with Crippen LogP contribution in [0.2, 0.25) is 0 Å². The highest BCUT2D eigenvalue weighted by molar-refractivity contribution is 9.12. The number of rotatable bonds is 1. The van der Waals surface area contributed by atoms with Gasteiger partial charge in [-0.1, -0.05) is 44.0 Å². The van der Waals surface area contributed by atoms with Crippen molar-refractivity contribution in [1.29, 1.82) is 0 Å². The Kier molecular flexibility index (Phi) is 2.72. The molecule has 0 bridgehead atoms. The number of fused-ring (bicyclic) bond motifs is 3. The zero-order valence-corrected chi connectivity index (χ0v) is 13.1. The Balaban J connectivity index is 1.93. The van der Waals surface area contributed by atoms with E-state index in [0.717, 1.165) is 4.31 Å². The molecule has 1 saturated carbocycles. The summed E-state index contributed by atoms with van der Waals surface area (Å²) in [6.45, 7) is 0. The highest BCUT2D eigenvalue weighted by Crippen LogP contribution is 2.56. The minimum atomic E-state index is -3.96. The van der Waals surface area contributed by atoms with Crippen molar-refractivity contribution in [3.8, 4) is 0 Å². The lowest BCUT2D eigenvalue weighted by atomic mass is 9.59. The maximum Gasteiger partial charge on any atom is 0.324 e. The second-order valence-electron chi connectivity index (χ2n) is 4.52. The fraction of sp³-hybridized carbons (Fsp3) is 0.667. The van der Waals surface area contributed by atoms with Gasteiger partial charge in [0.05, 0.1) is 12.0 Å². The van der Waals surface area contributed by atoms with Gasteiger partial charge in [0, 0.05) is 20.3 Å². The first-order valence-corrected chi connectivity index (χ1v) is 9.18. The van der Waals surface area contributed by atoms with Gasteiger partial charge >= 0.3 is 9.24 Å². The van der Waals surface area contributed by atoms with Crippen LogP contribution >= 0.6 is 42.5 Å². The molecule has 6 unspecified atom stereocenters. The van der Waals surface area contributed by atoms with Crippen molar-refractivity contribution in [2.24, 2.45) is 17.8 Å². The molecule has 3 aliphatic rings. The van der Waals surface area contributed by atoms with Gasteiger partial charge in [-0.15, -0.1) is 0 Å². The topological polar surface area (TPSA) is 54.5 Å². The molecule has 0 aromatic carbocycles. The molecule has 0 spiro atoms. The minimum Gasteiger partial charge on any atom is -0.273 e. The van der Waals surface area contributed by atoms with E-state index < -0.39 is 15.3 Å². The third-order valence-corrected chi connectivity index (χ3v) is 8.21. The first-order valence-electron chi connectivity index (χ1n) is 5.08. The molecule has 0 N–H and O–H groups in total. The lowest BCUT2D eigenvalue weighted by Crippen LogP contribution is -2.70. The Morgan fingerprint density at radius 3 is 2.47 bits per heavy atom. The summed E-state index contributed by atoms with van der Waals surface area (Å²) >= 11 is 7.08. The van der Waals surface area contributed by atoms with Gasteiger partial charge in [-0.05, 0) is 11.8 Å². The van der Waals surface area contributed by atoms with Crippen LogP contribution in [0.25, 0.3) is 0 Å². The highest BCUT2D eigenvalue weighted by Gasteiger charge is 2.64. The first kappa shape index (κ1) is 12.4. The van der Waals surface area contributed by atoms with Crippen molar-refractivity contribution in [3.05, 3.63) is 12.2 Å². The molecule has 17 heavy (non-hydrogen) atoms. The zero-order chi connectivity index (χ0) is 12.5. The second-order valence-corrected chi connectivity index (χ2v) is 9.02. The van der Waals surface area contributed by atoms with Crippen LogP contribution in [0, 0.1) is 17.8 Å². The van der Waals surface area contributed by atoms with E-state index in [2.05, 4.69) is 31.9 Å². The predicted octanol–water partition coefficient (Wildman–Crippen LogP) is 1.64. The van der Waals surface area contributed by atoms with Crippen LogP contribution in [0.1, 0.15) is 0 Å². The number of carbonyl (C=O) groups is 1. The molecule has 6 atom stereocenters. The molecule has 0 aromatic heterocycles. The third kappa shape index (κ3) is 1.52. The fourth-order valence-electron chi connectivity index (χ4n) is 2.96. The van der Waals surface area contributed by atoms with Crippen LogP contribution in [0.5, 0.6) is 0 Å². The first-order chi connectivity index (χ1) is 7.84. The molecule has 3 rings (SSSR count). The number of allylic oxidation sites excluding steroid dienone is 1. The summed E-state index contributed by atoms with van der Waals surface area (Å²) in [5, 5.41) is 0. The summed E-state index contributed by atoms with van der Waals surface area (Å²) in [7, 11) is 1.28. The molecule has 2 fully saturated rings. The van der Waals surface area contributed by atoms with Gasteiger partial charge in [-0.25, -0.2) is 4.31 Å². The second kappa shape index (κ2) is 3.71. The average Bonchev–Trinajstić information content (AvgIpc) is 2.24. The smallest absolute Gasteiger partial charge is 0.273 e. The summed E-state index contributed by atoms with van der Waals surface area (Å²) in [5.74, 6) is -0.175. The van der Waals surface area contributed by atoms with Crippen molar-refractivity contribution in [2.45, 2.75) is 15.7 Å². The van der Waals surface area contributed by atoms with Gasteiger partial charge in [-0.3, -0.25) is 4.79 Å². The maximum atomic E-state index is 11.9. The molecular weight excluding hydrogens is 397 g/mol. The number of amides is 1. The summed E-state index contributed by atoms with van der Waals surface area (Å²) in [6, 6.07) is -0.397. The molecule has 1 heterocycles. The molecule has 2 aliphatic carbocycles. The average molecular weight is 405 g/mol. The number of β-lactam (4-membered cyclic amide) rings is 1. The monoisotopic (exact) mass is 403 g/mol. The number of hydrogen-bond donors (Lipinski definition) is 0. The van der Waals surface area contributed by atoms with Crippen molar-refractivity contribution >= 4 is 57.7 Å². The molecule has 94 valence electrons. The van der Waals surface area contributed by atoms with Crippen LogP contribution < -0.4 is 0 Å².